The monoisotopic (exact) mass is 280 g/mol. The summed E-state index contributed by atoms with van der Waals surface area (Å²) >= 11 is 0. The summed E-state index contributed by atoms with van der Waals surface area (Å²) in [5.74, 6) is -0.0221. The van der Waals surface area contributed by atoms with Crippen molar-refractivity contribution in [2.75, 3.05) is 25.6 Å². The molecule has 20 heavy (non-hydrogen) atoms. The molecule has 1 atom stereocenters. The van der Waals surface area contributed by atoms with Crippen LogP contribution in [0, 0.1) is 6.92 Å². The van der Waals surface area contributed by atoms with Gasteiger partial charge in [-0.3, -0.25) is 0 Å². The second-order valence-electron chi connectivity index (χ2n) is 4.31. The lowest BCUT2D eigenvalue weighted by Crippen LogP contribution is -2.23. The zero-order valence-corrected chi connectivity index (χ0v) is 11.2. The lowest BCUT2D eigenvalue weighted by molar-refractivity contribution is 0.0601. The minimum absolute atomic E-state index is 0.121. The number of ether oxygens (including phenoxy) is 1. The summed E-state index contributed by atoms with van der Waals surface area (Å²) in [6, 6.07) is 3.13. The molecule has 0 saturated carbocycles. The number of aromatic nitrogens is 1. The quantitative estimate of drug-likeness (QED) is 0.692. The van der Waals surface area contributed by atoms with Crippen LogP contribution in [0.15, 0.2) is 16.5 Å². The summed E-state index contributed by atoms with van der Waals surface area (Å²) < 4.78 is 10.1. The number of methoxy groups -OCH3 is 1. The highest BCUT2D eigenvalue weighted by Gasteiger charge is 2.15. The van der Waals surface area contributed by atoms with Crippen molar-refractivity contribution >= 4 is 22.8 Å². The molecular formula is C13H16N2O5. The van der Waals surface area contributed by atoms with E-state index in [4.69, 9.17) is 9.52 Å². The first kappa shape index (κ1) is 14.3. The van der Waals surface area contributed by atoms with Gasteiger partial charge in [0.05, 0.1) is 31.1 Å². The number of aryl methyl sites for hydroxylation is 1. The van der Waals surface area contributed by atoms with Crippen LogP contribution >= 0.6 is 0 Å². The zero-order chi connectivity index (χ0) is 14.7. The van der Waals surface area contributed by atoms with Crippen LogP contribution in [0.4, 0.5) is 5.69 Å². The fraction of sp³-hybridized carbons (Fsp3) is 0.385. The van der Waals surface area contributed by atoms with E-state index in [-0.39, 0.29) is 13.2 Å². The second kappa shape index (κ2) is 5.89. The average molecular weight is 280 g/mol. The normalized spacial score (nSPS) is 12.4. The first-order valence-corrected chi connectivity index (χ1v) is 6.07. The Morgan fingerprint density at radius 2 is 2.30 bits per heavy atom. The number of aliphatic hydroxyl groups is 2. The number of esters is 1. The number of nitrogens with zero attached hydrogens (tertiary/aromatic N) is 1. The van der Waals surface area contributed by atoms with Crippen LogP contribution < -0.4 is 5.32 Å². The summed E-state index contributed by atoms with van der Waals surface area (Å²) in [5, 5.41) is 21.1. The molecular weight excluding hydrogens is 264 g/mol. The summed E-state index contributed by atoms with van der Waals surface area (Å²) in [7, 11) is 1.29. The molecule has 0 aliphatic carbocycles. The van der Waals surface area contributed by atoms with Crippen LogP contribution in [0.5, 0.6) is 0 Å². The van der Waals surface area contributed by atoms with E-state index >= 15 is 0 Å². The van der Waals surface area contributed by atoms with Crippen LogP contribution in [-0.4, -0.2) is 47.5 Å². The number of hydrogen-bond donors (Lipinski definition) is 3. The van der Waals surface area contributed by atoms with Crippen molar-refractivity contribution in [2.45, 2.75) is 13.0 Å². The van der Waals surface area contributed by atoms with E-state index in [0.717, 1.165) is 0 Å². The molecule has 0 aliphatic heterocycles. The number of nitrogens with one attached hydrogen (secondary N) is 1. The number of oxazole rings is 1. The average Bonchev–Trinajstić information content (AvgIpc) is 2.83. The number of anilines is 1. The van der Waals surface area contributed by atoms with Gasteiger partial charge in [0.2, 0.25) is 0 Å². The molecule has 2 aromatic rings. The van der Waals surface area contributed by atoms with Crippen molar-refractivity contribution in [1.82, 2.24) is 4.98 Å². The molecule has 1 aromatic carbocycles. The molecule has 0 bridgehead atoms. The zero-order valence-electron chi connectivity index (χ0n) is 11.2. The minimum atomic E-state index is -0.907. The number of hydrogen-bond acceptors (Lipinski definition) is 7. The maximum atomic E-state index is 11.6. The summed E-state index contributed by atoms with van der Waals surface area (Å²) in [4.78, 5) is 15.8. The Hall–Kier alpha value is -2.12. The smallest absolute Gasteiger partial charge is 0.338 e. The van der Waals surface area contributed by atoms with Crippen molar-refractivity contribution in [3.8, 4) is 0 Å². The van der Waals surface area contributed by atoms with Crippen molar-refractivity contribution < 1.29 is 24.2 Å². The van der Waals surface area contributed by atoms with Gasteiger partial charge in [0.25, 0.3) is 0 Å². The Morgan fingerprint density at radius 3 is 2.95 bits per heavy atom. The molecule has 2 rings (SSSR count). The molecule has 7 heteroatoms. The predicted molar refractivity (Wildman–Crippen MR) is 71.7 cm³/mol. The maximum Gasteiger partial charge on any atom is 0.338 e. The molecule has 0 aliphatic rings. The Bertz CT molecular complexity index is 622. The fourth-order valence-electron chi connectivity index (χ4n) is 1.80. The molecule has 0 radical (unpaired) electrons. The van der Waals surface area contributed by atoms with Gasteiger partial charge in [-0.25, -0.2) is 9.78 Å². The highest BCUT2D eigenvalue weighted by molar-refractivity contribution is 5.98. The van der Waals surface area contributed by atoms with Gasteiger partial charge in [0.15, 0.2) is 11.5 Å². The molecule has 1 aromatic heterocycles. The van der Waals surface area contributed by atoms with Gasteiger partial charge in [-0.15, -0.1) is 0 Å². The third-order valence-corrected chi connectivity index (χ3v) is 2.76. The Balaban J connectivity index is 2.41. The van der Waals surface area contributed by atoms with E-state index in [1.54, 1.807) is 19.1 Å². The van der Waals surface area contributed by atoms with Crippen LogP contribution in [0.2, 0.25) is 0 Å². The molecule has 0 fully saturated rings. The van der Waals surface area contributed by atoms with Gasteiger partial charge >= 0.3 is 5.97 Å². The van der Waals surface area contributed by atoms with E-state index in [1.165, 1.54) is 7.11 Å². The van der Waals surface area contributed by atoms with Gasteiger partial charge in [0, 0.05) is 13.5 Å². The first-order valence-electron chi connectivity index (χ1n) is 6.07. The van der Waals surface area contributed by atoms with Crippen molar-refractivity contribution in [1.29, 1.82) is 0 Å². The fourth-order valence-corrected chi connectivity index (χ4v) is 1.80. The number of aliphatic hydroxyl groups excluding tert-OH is 2. The molecule has 3 N–H and O–H groups in total. The van der Waals surface area contributed by atoms with Gasteiger partial charge in [0.1, 0.15) is 5.52 Å². The largest absolute Gasteiger partial charge is 0.465 e. The Morgan fingerprint density at radius 1 is 1.55 bits per heavy atom. The SMILES string of the molecule is COC(=O)c1cc(NCC(O)CO)c2oc(C)nc2c1. The van der Waals surface area contributed by atoms with E-state index in [1.807, 2.05) is 0 Å². The number of rotatable bonds is 5. The molecule has 7 nitrogen and oxygen atoms in total. The molecule has 108 valence electrons. The lowest BCUT2D eigenvalue weighted by Gasteiger charge is -2.11. The first-order chi connectivity index (χ1) is 9.55. The minimum Gasteiger partial charge on any atom is -0.465 e. The van der Waals surface area contributed by atoms with Gasteiger partial charge < -0.3 is 24.7 Å². The highest BCUT2D eigenvalue weighted by Crippen LogP contribution is 2.26. The summed E-state index contributed by atoms with van der Waals surface area (Å²) in [6.07, 6.45) is -0.907. The number of carbonyl (C=O) groups excluding carboxylic acids is 1. The molecule has 1 heterocycles. The maximum absolute atomic E-state index is 11.6. The van der Waals surface area contributed by atoms with Crippen LogP contribution in [0.1, 0.15) is 16.2 Å². The van der Waals surface area contributed by atoms with E-state index in [0.29, 0.717) is 28.2 Å². The van der Waals surface area contributed by atoms with E-state index in [2.05, 4.69) is 15.0 Å². The standard InChI is InChI=1S/C13H16N2O5/c1-7-15-11-4-8(13(18)19-2)3-10(12(11)20-7)14-5-9(17)6-16/h3-4,9,14,16-17H,5-6H2,1-2H3. The Kier molecular flexibility index (Phi) is 4.21. The predicted octanol–water partition coefficient (Wildman–Crippen LogP) is 0.688. The lowest BCUT2D eigenvalue weighted by atomic mass is 10.1. The Labute approximate surface area is 115 Å². The summed E-state index contributed by atoms with van der Waals surface area (Å²) in [5.41, 5.74) is 1.84. The van der Waals surface area contributed by atoms with Crippen LogP contribution in [0.25, 0.3) is 11.1 Å². The van der Waals surface area contributed by atoms with E-state index < -0.39 is 12.1 Å². The molecule has 1 unspecified atom stereocenters. The third kappa shape index (κ3) is 2.89. The number of fused-ring (bicyclic) bond motifs is 1. The van der Waals surface area contributed by atoms with Crippen LogP contribution in [-0.2, 0) is 4.74 Å². The van der Waals surface area contributed by atoms with Gasteiger partial charge in [-0.1, -0.05) is 0 Å². The van der Waals surface area contributed by atoms with Crippen molar-refractivity contribution in [3.05, 3.63) is 23.6 Å². The second-order valence-corrected chi connectivity index (χ2v) is 4.31. The third-order valence-electron chi connectivity index (χ3n) is 2.76. The highest BCUT2D eigenvalue weighted by atomic mass is 16.5. The van der Waals surface area contributed by atoms with Crippen molar-refractivity contribution in [2.24, 2.45) is 0 Å². The van der Waals surface area contributed by atoms with Crippen LogP contribution in [0.3, 0.4) is 0 Å². The molecule has 0 amide bonds. The molecule has 0 spiro atoms. The molecule has 0 saturated heterocycles. The van der Waals surface area contributed by atoms with Gasteiger partial charge in [-0.2, -0.15) is 0 Å². The number of benzene rings is 1. The van der Waals surface area contributed by atoms with Gasteiger partial charge in [-0.05, 0) is 12.1 Å². The van der Waals surface area contributed by atoms with E-state index in [9.17, 15) is 9.90 Å². The summed E-state index contributed by atoms with van der Waals surface area (Å²) in [6.45, 7) is 1.46. The van der Waals surface area contributed by atoms with Crippen molar-refractivity contribution in [3.63, 3.8) is 0 Å². The topological polar surface area (TPSA) is 105 Å². The number of carbonyl (C=O) groups is 1.